The van der Waals surface area contributed by atoms with E-state index in [-0.39, 0.29) is 23.6 Å². The molecule has 1 heterocycles. The van der Waals surface area contributed by atoms with E-state index in [4.69, 9.17) is 16.3 Å². The molecule has 180 valence electrons. The topological polar surface area (TPSA) is 87.1 Å². The fourth-order valence-electron chi connectivity index (χ4n) is 4.16. The highest BCUT2D eigenvalue weighted by Crippen LogP contribution is 2.40. The molecule has 1 atom stereocenters. The van der Waals surface area contributed by atoms with Gasteiger partial charge in [-0.05, 0) is 60.4 Å². The fourth-order valence-corrected chi connectivity index (χ4v) is 4.29. The molecule has 0 aromatic heterocycles. The molecule has 1 aliphatic heterocycles. The molecular formula is C28H26ClNO5. The number of benzene rings is 3. The molecule has 3 aromatic rings. The Morgan fingerprint density at radius 2 is 1.77 bits per heavy atom. The standard InChI is InChI=1S/C28H26ClNO5/c1-2-15-35-23-8-4-6-20(17-23)26(32)24-25(19-5-3-7-22(31)16-19)30(28(34)27(24)33)14-13-18-9-11-21(29)12-10-18/h3-12,16-17,25,31-32H,2,13-15H2,1H3/b26-24-. The van der Waals surface area contributed by atoms with Crippen molar-refractivity contribution in [3.8, 4) is 11.5 Å². The van der Waals surface area contributed by atoms with Crippen LogP contribution in [0.2, 0.25) is 5.02 Å². The van der Waals surface area contributed by atoms with E-state index in [0.29, 0.717) is 34.9 Å². The summed E-state index contributed by atoms with van der Waals surface area (Å²) < 4.78 is 5.66. The van der Waals surface area contributed by atoms with Gasteiger partial charge in [0.15, 0.2) is 0 Å². The number of aliphatic hydroxyl groups is 1. The van der Waals surface area contributed by atoms with Gasteiger partial charge < -0.3 is 19.8 Å². The number of nitrogens with zero attached hydrogens (tertiary/aromatic N) is 1. The lowest BCUT2D eigenvalue weighted by Crippen LogP contribution is -2.31. The van der Waals surface area contributed by atoms with Gasteiger partial charge in [0.05, 0.1) is 18.2 Å². The molecule has 35 heavy (non-hydrogen) atoms. The van der Waals surface area contributed by atoms with Gasteiger partial charge in [-0.1, -0.05) is 54.9 Å². The molecule has 1 unspecified atom stereocenters. The molecule has 1 aliphatic rings. The number of aromatic hydroxyl groups is 1. The number of rotatable bonds is 8. The van der Waals surface area contributed by atoms with E-state index in [1.54, 1.807) is 48.5 Å². The zero-order valence-corrected chi connectivity index (χ0v) is 20.0. The molecular weight excluding hydrogens is 466 g/mol. The molecule has 4 rings (SSSR count). The SMILES string of the molecule is CCCOc1cccc(/C(O)=C2/C(=O)C(=O)N(CCc3ccc(Cl)cc3)C2c2cccc(O)c2)c1. The smallest absolute Gasteiger partial charge is 0.295 e. The number of carbonyl (C=O) groups is 2. The Morgan fingerprint density at radius 3 is 2.49 bits per heavy atom. The highest BCUT2D eigenvalue weighted by molar-refractivity contribution is 6.46. The number of ketones is 1. The molecule has 3 aromatic carbocycles. The largest absolute Gasteiger partial charge is 0.508 e. The van der Waals surface area contributed by atoms with Crippen LogP contribution in [0, 0.1) is 0 Å². The highest BCUT2D eigenvalue weighted by atomic mass is 35.5. The molecule has 1 amide bonds. The average Bonchev–Trinajstić information content (AvgIpc) is 3.12. The van der Waals surface area contributed by atoms with Crippen molar-refractivity contribution in [2.45, 2.75) is 25.8 Å². The summed E-state index contributed by atoms with van der Waals surface area (Å²) in [6, 6.07) is 19.6. The maximum absolute atomic E-state index is 13.2. The lowest BCUT2D eigenvalue weighted by molar-refractivity contribution is -0.139. The van der Waals surface area contributed by atoms with Crippen LogP contribution in [0.5, 0.6) is 11.5 Å². The summed E-state index contributed by atoms with van der Waals surface area (Å²) in [4.78, 5) is 27.8. The molecule has 0 spiro atoms. The van der Waals surface area contributed by atoms with Crippen molar-refractivity contribution in [1.82, 2.24) is 4.90 Å². The van der Waals surface area contributed by atoms with Crippen molar-refractivity contribution >= 4 is 29.1 Å². The van der Waals surface area contributed by atoms with Crippen LogP contribution < -0.4 is 4.74 Å². The number of ether oxygens (including phenoxy) is 1. The third kappa shape index (κ3) is 5.33. The third-order valence-corrected chi connectivity index (χ3v) is 6.11. The number of halogens is 1. The zero-order valence-electron chi connectivity index (χ0n) is 19.3. The first-order valence-electron chi connectivity index (χ1n) is 11.4. The van der Waals surface area contributed by atoms with Gasteiger partial charge in [-0.3, -0.25) is 9.59 Å². The van der Waals surface area contributed by atoms with Gasteiger partial charge in [-0.15, -0.1) is 0 Å². The fraction of sp³-hybridized carbons (Fsp3) is 0.214. The van der Waals surface area contributed by atoms with E-state index in [1.165, 1.54) is 17.0 Å². The number of amides is 1. The van der Waals surface area contributed by atoms with Crippen molar-refractivity contribution in [2.75, 3.05) is 13.2 Å². The first kappa shape index (κ1) is 24.4. The molecule has 6 nitrogen and oxygen atoms in total. The minimum absolute atomic E-state index is 0.000696. The maximum Gasteiger partial charge on any atom is 0.295 e. The number of phenolic OH excluding ortho intramolecular Hbond substituents is 1. The molecule has 1 fully saturated rings. The quantitative estimate of drug-likeness (QED) is 0.247. The minimum Gasteiger partial charge on any atom is -0.508 e. The first-order chi connectivity index (χ1) is 16.9. The Kier molecular flexibility index (Phi) is 7.42. The number of aliphatic hydroxyl groups excluding tert-OH is 1. The summed E-state index contributed by atoms with van der Waals surface area (Å²) in [5, 5.41) is 21.9. The van der Waals surface area contributed by atoms with Crippen LogP contribution >= 0.6 is 11.6 Å². The molecule has 0 aliphatic carbocycles. The van der Waals surface area contributed by atoms with Crippen LogP contribution in [-0.2, 0) is 16.0 Å². The van der Waals surface area contributed by atoms with E-state index in [1.807, 2.05) is 19.1 Å². The predicted octanol–water partition coefficient (Wildman–Crippen LogP) is 5.50. The van der Waals surface area contributed by atoms with Gasteiger partial charge in [-0.25, -0.2) is 0 Å². The van der Waals surface area contributed by atoms with Gasteiger partial charge in [0, 0.05) is 17.1 Å². The lowest BCUT2D eigenvalue weighted by atomic mass is 9.95. The van der Waals surface area contributed by atoms with Crippen molar-refractivity contribution in [2.24, 2.45) is 0 Å². The Labute approximate surface area is 209 Å². The van der Waals surface area contributed by atoms with Gasteiger partial charge in [0.2, 0.25) is 0 Å². The second kappa shape index (κ2) is 10.7. The highest BCUT2D eigenvalue weighted by Gasteiger charge is 2.46. The van der Waals surface area contributed by atoms with E-state index in [0.717, 1.165) is 12.0 Å². The Hall–Kier alpha value is -3.77. The molecule has 7 heteroatoms. The van der Waals surface area contributed by atoms with Crippen LogP contribution in [0.15, 0.2) is 78.4 Å². The second-order valence-electron chi connectivity index (χ2n) is 8.34. The van der Waals surface area contributed by atoms with Crippen molar-refractivity contribution in [3.63, 3.8) is 0 Å². The first-order valence-corrected chi connectivity index (χ1v) is 11.8. The second-order valence-corrected chi connectivity index (χ2v) is 8.78. The number of hydrogen-bond donors (Lipinski definition) is 2. The summed E-state index contributed by atoms with van der Waals surface area (Å²) in [5.74, 6) is -1.20. The number of carbonyl (C=O) groups excluding carboxylic acids is 2. The van der Waals surface area contributed by atoms with Gasteiger partial charge in [-0.2, -0.15) is 0 Å². The van der Waals surface area contributed by atoms with Crippen LogP contribution in [0.3, 0.4) is 0 Å². The van der Waals surface area contributed by atoms with Gasteiger partial charge >= 0.3 is 0 Å². The summed E-state index contributed by atoms with van der Waals surface area (Å²) >= 11 is 5.97. The summed E-state index contributed by atoms with van der Waals surface area (Å²) in [6.07, 6.45) is 1.31. The van der Waals surface area contributed by atoms with Gasteiger partial charge in [0.1, 0.15) is 17.3 Å². The van der Waals surface area contributed by atoms with Crippen LogP contribution in [0.1, 0.15) is 36.1 Å². The molecule has 0 bridgehead atoms. The van der Waals surface area contributed by atoms with Crippen LogP contribution in [0.4, 0.5) is 0 Å². The number of phenols is 1. The lowest BCUT2D eigenvalue weighted by Gasteiger charge is -2.25. The predicted molar refractivity (Wildman–Crippen MR) is 135 cm³/mol. The summed E-state index contributed by atoms with van der Waals surface area (Å²) in [5.41, 5.74) is 1.83. The monoisotopic (exact) mass is 491 g/mol. The Morgan fingerprint density at radius 1 is 1.03 bits per heavy atom. The number of likely N-dealkylation sites (tertiary alicyclic amines) is 1. The third-order valence-electron chi connectivity index (χ3n) is 5.86. The van der Waals surface area contributed by atoms with E-state index >= 15 is 0 Å². The van der Waals surface area contributed by atoms with Crippen LogP contribution in [-0.4, -0.2) is 40.0 Å². The molecule has 2 N–H and O–H groups in total. The van der Waals surface area contributed by atoms with E-state index in [2.05, 4.69) is 0 Å². The molecule has 1 saturated heterocycles. The summed E-state index contributed by atoms with van der Waals surface area (Å²) in [6.45, 7) is 2.75. The minimum atomic E-state index is -0.852. The normalized spacial score (nSPS) is 17.1. The van der Waals surface area contributed by atoms with E-state index in [9.17, 15) is 19.8 Å². The molecule has 0 radical (unpaired) electrons. The van der Waals surface area contributed by atoms with Crippen LogP contribution in [0.25, 0.3) is 5.76 Å². The zero-order chi connectivity index (χ0) is 24.9. The molecule has 0 saturated carbocycles. The van der Waals surface area contributed by atoms with Crippen molar-refractivity contribution in [1.29, 1.82) is 0 Å². The Bertz CT molecular complexity index is 1270. The number of Topliss-reactive ketones (excluding diaryl/α,β-unsaturated/α-hetero) is 1. The Balaban J connectivity index is 1.75. The van der Waals surface area contributed by atoms with Gasteiger partial charge in [0.25, 0.3) is 11.7 Å². The average molecular weight is 492 g/mol. The van der Waals surface area contributed by atoms with Crippen molar-refractivity contribution < 1.29 is 24.5 Å². The van der Waals surface area contributed by atoms with E-state index < -0.39 is 17.7 Å². The van der Waals surface area contributed by atoms with Crippen molar-refractivity contribution in [3.05, 3.63) is 100 Å². The number of hydrogen-bond acceptors (Lipinski definition) is 5. The summed E-state index contributed by atoms with van der Waals surface area (Å²) in [7, 11) is 0. The maximum atomic E-state index is 13.2.